The van der Waals surface area contributed by atoms with E-state index in [0.29, 0.717) is 6.42 Å². The van der Waals surface area contributed by atoms with E-state index in [4.69, 9.17) is 0 Å². The summed E-state index contributed by atoms with van der Waals surface area (Å²) in [7, 11) is 0. The maximum Gasteiger partial charge on any atom is 0.309 e. The number of carboxylic acids is 1. The van der Waals surface area contributed by atoms with E-state index >= 15 is 0 Å². The van der Waals surface area contributed by atoms with Gasteiger partial charge in [-0.15, -0.1) is 0 Å². The molecule has 0 spiro atoms. The van der Waals surface area contributed by atoms with Gasteiger partial charge in [-0.3, -0.25) is 4.79 Å². The van der Waals surface area contributed by atoms with Crippen molar-refractivity contribution in [2.45, 2.75) is 40.7 Å². The third-order valence-electron chi connectivity index (χ3n) is 3.73. The number of para-hydroxylation sites is 1. The minimum Gasteiger partial charge on any atom is -0.481 e. The Bertz CT molecular complexity index is 623. The van der Waals surface area contributed by atoms with Gasteiger partial charge in [0.15, 0.2) is 0 Å². The van der Waals surface area contributed by atoms with Gasteiger partial charge in [0.2, 0.25) is 0 Å². The molecule has 0 radical (unpaired) electrons. The highest BCUT2D eigenvalue weighted by Gasteiger charge is 2.28. The number of nitrogens with zero attached hydrogens (tertiary/aromatic N) is 1. The molecule has 0 aliphatic heterocycles. The largest absolute Gasteiger partial charge is 0.481 e. The molecule has 0 atom stereocenters. The molecule has 1 aromatic heterocycles. The maximum absolute atomic E-state index is 11.3. The minimum absolute atomic E-state index is 0.551. The van der Waals surface area contributed by atoms with Gasteiger partial charge in [-0.05, 0) is 45.2 Å². The summed E-state index contributed by atoms with van der Waals surface area (Å²) in [4.78, 5) is 11.3. The number of aliphatic carboxylic acids is 1. The molecule has 2 rings (SSSR count). The molecule has 0 aliphatic carbocycles. The highest BCUT2D eigenvalue weighted by Crippen LogP contribution is 2.30. The van der Waals surface area contributed by atoms with Crippen molar-refractivity contribution in [2.24, 2.45) is 5.41 Å². The molecule has 102 valence electrons. The number of hydrogen-bond acceptors (Lipinski definition) is 1. The van der Waals surface area contributed by atoms with Crippen molar-refractivity contribution < 1.29 is 9.90 Å². The molecule has 0 saturated carbocycles. The van der Waals surface area contributed by atoms with Crippen LogP contribution >= 0.6 is 0 Å². The number of carbonyl (C=O) groups is 1. The van der Waals surface area contributed by atoms with Gasteiger partial charge in [0.05, 0.1) is 10.9 Å². The van der Waals surface area contributed by atoms with Crippen molar-refractivity contribution in [1.82, 2.24) is 4.57 Å². The maximum atomic E-state index is 11.3. The highest BCUT2D eigenvalue weighted by molar-refractivity contribution is 5.87. The van der Waals surface area contributed by atoms with Crippen molar-refractivity contribution in [3.05, 3.63) is 35.5 Å². The van der Waals surface area contributed by atoms with Crippen LogP contribution in [0.5, 0.6) is 0 Å². The SMILES string of the molecule is CCn1cc(CC(C)(C)C(=O)O)c2cccc(C)c21. The average Bonchev–Trinajstić information content (AvgIpc) is 2.68. The molecule has 0 bridgehead atoms. The van der Waals surface area contributed by atoms with E-state index in [1.807, 2.05) is 6.07 Å². The van der Waals surface area contributed by atoms with Crippen LogP contribution in [-0.2, 0) is 17.8 Å². The first-order valence-corrected chi connectivity index (χ1v) is 6.67. The molecule has 0 saturated heterocycles. The number of benzene rings is 1. The quantitative estimate of drug-likeness (QED) is 0.911. The van der Waals surface area contributed by atoms with E-state index in [-0.39, 0.29) is 0 Å². The fourth-order valence-corrected chi connectivity index (χ4v) is 2.56. The van der Waals surface area contributed by atoms with Gasteiger partial charge >= 0.3 is 5.97 Å². The first kappa shape index (κ1) is 13.7. The first-order chi connectivity index (χ1) is 8.86. The van der Waals surface area contributed by atoms with E-state index in [1.54, 1.807) is 13.8 Å². The molecule has 0 aliphatic rings. The summed E-state index contributed by atoms with van der Waals surface area (Å²) in [6.07, 6.45) is 2.65. The van der Waals surface area contributed by atoms with Gasteiger partial charge in [-0.2, -0.15) is 0 Å². The van der Waals surface area contributed by atoms with E-state index < -0.39 is 11.4 Å². The summed E-state index contributed by atoms with van der Waals surface area (Å²) in [5.74, 6) is -0.752. The molecular formula is C16H21NO2. The fraction of sp³-hybridized carbons (Fsp3) is 0.438. The van der Waals surface area contributed by atoms with Crippen LogP contribution in [0.1, 0.15) is 31.9 Å². The van der Waals surface area contributed by atoms with Crippen molar-refractivity contribution in [1.29, 1.82) is 0 Å². The second kappa shape index (κ2) is 4.72. The van der Waals surface area contributed by atoms with Gasteiger partial charge in [-0.25, -0.2) is 0 Å². The Kier molecular flexibility index (Phi) is 3.40. The van der Waals surface area contributed by atoms with Crippen LogP contribution in [0.25, 0.3) is 10.9 Å². The second-order valence-corrected chi connectivity index (χ2v) is 5.78. The summed E-state index contributed by atoms with van der Waals surface area (Å²) in [6, 6.07) is 6.22. The highest BCUT2D eigenvalue weighted by atomic mass is 16.4. The number of hydrogen-bond donors (Lipinski definition) is 1. The lowest BCUT2D eigenvalue weighted by molar-refractivity contribution is -0.146. The van der Waals surface area contributed by atoms with Crippen LogP contribution in [0.15, 0.2) is 24.4 Å². The van der Waals surface area contributed by atoms with Crippen LogP contribution in [0.2, 0.25) is 0 Å². The lowest BCUT2D eigenvalue weighted by Gasteiger charge is -2.18. The van der Waals surface area contributed by atoms with Crippen LogP contribution in [0.3, 0.4) is 0 Å². The Labute approximate surface area is 113 Å². The first-order valence-electron chi connectivity index (χ1n) is 6.67. The number of aryl methyl sites for hydroxylation is 2. The second-order valence-electron chi connectivity index (χ2n) is 5.78. The summed E-state index contributed by atoms with van der Waals surface area (Å²) < 4.78 is 2.21. The molecule has 1 aromatic carbocycles. The van der Waals surface area contributed by atoms with Crippen molar-refractivity contribution >= 4 is 16.9 Å². The summed E-state index contributed by atoms with van der Waals surface area (Å²) in [5.41, 5.74) is 2.84. The van der Waals surface area contributed by atoms with Crippen LogP contribution in [0, 0.1) is 12.3 Å². The van der Waals surface area contributed by atoms with Gasteiger partial charge in [-0.1, -0.05) is 18.2 Å². The zero-order valence-corrected chi connectivity index (χ0v) is 12.0. The number of carboxylic acid groups (broad SMARTS) is 1. The molecule has 1 heterocycles. The fourth-order valence-electron chi connectivity index (χ4n) is 2.56. The zero-order valence-electron chi connectivity index (χ0n) is 12.0. The van der Waals surface area contributed by atoms with E-state index in [0.717, 1.165) is 12.1 Å². The Morgan fingerprint density at radius 2 is 2.05 bits per heavy atom. The van der Waals surface area contributed by atoms with Crippen LogP contribution in [-0.4, -0.2) is 15.6 Å². The van der Waals surface area contributed by atoms with Gasteiger partial charge in [0, 0.05) is 18.1 Å². The molecular weight excluding hydrogens is 238 g/mol. The van der Waals surface area contributed by atoms with Crippen molar-refractivity contribution in [3.8, 4) is 0 Å². The van der Waals surface area contributed by atoms with E-state index in [1.165, 1.54) is 16.5 Å². The smallest absolute Gasteiger partial charge is 0.309 e. The molecule has 3 nitrogen and oxygen atoms in total. The number of fused-ring (bicyclic) bond motifs is 1. The number of aromatic nitrogens is 1. The summed E-state index contributed by atoms with van der Waals surface area (Å²) in [6.45, 7) is 8.66. The van der Waals surface area contributed by atoms with Crippen LogP contribution < -0.4 is 0 Å². The Morgan fingerprint density at radius 3 is 2.63 bits per heavy atom. The predicted molar refractivity (Wildman–Crippen MR) is 77.5 cm³/mol. The lowest BCUT2D eigenvalue weighted by Crippen LogP contribution is -2.26. The van der Waals surface area contributed by atoms with Gasteiger partial charge in [0.25, 0.3) is 0 Å². The van der Waals surface area contributed by atoms with Gasteiger partial charge in [0.1, 0.15) is 0 Å². The third-order valence-corrected chi connectivity index (χ3v) is 3.73. The normalized spacial score (nSPS) is 12.0. The summed E-state index contributed by atoms with van der Waals surface area (Å²) >= 11 is 0. The molecule has 3 heteroatoms. The molecule has 2 aromatic rings. The molecule has 0 unspecified atom stereocenters. The van der Waals surface area contributed by atoms with E-state index in [2.05, 4.69) is 36.7 Å². The lowest BCUT2D eigenvalue weighted by atomic mass is 9.86. The van der Waals surface area contributed by atoms with E-state index in [9.17, 15) is 9.90 Å². The minimum atomic E-state index is -0.752. The Morgan fingerprint density at radius 1 is 1.37 bits per heavy atom. The Balaban J connectivity index is 2.57. The molecule has 0 fully saturated rings. The molecule has 19 heavy (non-hydrogen) atoms. The van der Waals surface area contributed by atoms with Gasteiger partial charge < -0.3 is 9.67 Å². The van der Waals surface area contributed by atoms with Crippen LogP contribution in [0.4, 0.5) is 0 Å². The Hall–Kier alpha value is -1.77. The summed E-state index contributed by atoms with van der Waals surface area (Å²) in [5, 5.41) is 10.5. The monoisotopic (exact) mass is 259 g/mol. The zero-order chi connectivity index (χ0) is 14.2. The molecule has 1 N–H and O–H groups in total. The number of rotatable bonds is 4. The van der Waals surface area contributed by atoms with Crippen molar-refractivity contribution in [3.63, 3.8) is 0 Å². The molecule has 0 amide bonds. The average molecular weight is 259 g/mol. The topological polar surface area (TPSA) is 42.2 Å². The predicted octanol–water partition coefficient (Wildman–Crippen LogP) is 3.62. The standard InChI is InChI=1S/C16H21NO2/c1-5-17-10-12(9-16(3,4)15(18)19)13-8-6-7-11(2)14(13)17/h6-8,10H,5,9H2,1-4H3,(H,18,19). The van der Waals surface area contributed by atoms with Crippen molar-refractivity contribution in [2.75, 3.05) is 0 Å². The third kappa shape index (κ3) is 2.37.